The molecule has 0 amide bonds. The summed E-state index contributed by atoms with van der Waals surface area (Å²) in [6.07, 6.45) is 4.73. The van der Waals surface area contributed by atoms with Gasteiger partial charge in [0.25, 0.3) is 0 Å². The third-order valence-electron chi connectivity index (χ3n) is 5.30. The van der Waals surface area contributed by atoms with Gasteiger partial charge in [0.05, 0.1) is 0 Å². The van der Waals surface area contributed by atoms with E-state index in [-0.39, 0.29) is 5.41 Å². The van der Waals surface area contributed by atoms with Gasteiger partial charge in [0, 0.05) is 17.9 Å². The smallest absolute Gasteiger partial charge is 0.153 e. The summed E-state index contributed by atoms with van der Waals surface area (Å²) in [5, 5.41) is 7.58. The molecule has 3 N–H and O–H groups in total. The van der Waals surface area contributed by atoms with Crippen molar-refractivity contribution in [3.05, 3.63) is 11.6 Å². The van der Waals surface area contributed by atoms with Crippen LogP contribution in [0.15, 0.2) is 0 Å². The lowest BCUT2D eigenvalue weighted by molar-refractivity contribution is 0.0950. The fourth-order valence-electron chi connectivity index (χ4n) is 3.31. The number of nitrogens with one attached hydrogen (secondary N) is 1. The van der Waals surface area contributed by atoms with E-state index in [4.69, 9.17) is 10.7 Å². The summed E-state index contributed by atoms with van der Waals surface area (Å²) in [5.41, 5.74) is 6.40. The zero-order valence-corrected chi connectivity index (χ0v) is 11.6. The SMILES string of the molecule is CC1C(N)CCC(c2nc(C3CC3)n[nH]2)C1(C)C. The number of H-pyrrole nitrogens is 1. The van der Waals surface area contributed by atoms with Crippen LogP contribution in [0.1, 0.15) is 69.9 Å². The molecule has 0 aliphatic heterocycles. The van der Waals surface area contributed by atoms with E-state index in [0.717, 1.165) is 24.5 Å². The van der Waals surface area contributed by atoms with Gasteiger partial charge in [-0.1, -0.05) is 20.8 Å². The van der Waals surface area contributed by atoms with Gasteiger partial charge in [-0.3, -0.25) is 5.10 Å². The van der Waals surface area contributed by atoms with Crippen LogP contribution in [0.4, 0.5) is 0 Å². The maximum atomic E-state index is 6.21. The predicted octanol–water partition coefficient (Wildman–Crippen LogP) is 2.55. The van der Waals surface area contributed by atoms with Crippen LogP contribution in [0.25, 0.3) is 0 Å². The monoisotopic (exact) mass is 248 g/mol. The van der Waals surface area contributed by atoms with Crippen molar-refractivity contribution in [2.45, 2.75) is 64.3 Å². The van der Waals surface area contributed by atoms with Gasteiger partial charge in [0.1, 0.15) is 5.82 Å². The highest BCUT2D eigenvalue weighted by molar-refractivity contribution is 5.12. The molecule has 0 saturated heterocycles. The summed E-state index contributed by atoms with van der Waals surface area (Å²) in [7, 11) is 0. The molecular weight excluding hydrogens is 224 g/mol. The van der Waals surface area contributed by atoms with E-state index in [1.807, 2.05) is 0 Å². The van der Waals surface area contributed by atoms with Crippen LogP contribution in [0.2, 0.25) is 0 Å². The van der Waals surface area contributed by atoms with Crippen molar-refractivity contribution in [3.63, 3.8) is 0 Å². The summed E-state index contributed by atoms with van der Waals surface area (Å²) in [4.78, 5) is 4.74. The molecule has 0 aromatic carbocycles. The Morgan fingerprint density at radius 2 is 1.94 bits per heavy atom. The molecule has 0 bridgehead atoms. The highest BCUT2D eigenvalue weighted by Crippen LogP contribution is 2.49. The van der Waals surface area contributed by atoms with Gasteiger partial charge in [0.2, 0.25) is 0 Å². The van der Waals surface area contributed by atoms with Crippen LogP contribution in [0.3, 0.4) is 0 Å². The molecule has 4 heteroatoms. The molecule has 2 saturated carbocycles. The third kappa shape index (κ3) is 1.87. The maximum Gasteiger partial charge on any atom is 0.153 e. The molecule has 0 radical (unpaired) electrons. The Labute approximate surface area is 109 Å². The molecule has 1 aromatic rings. The molecule has 4 nitrogen and oxygen atoms in total. The second kappa shape index (κ2) is 4.05. The highest BCUT2D eigenvalue weighted by Gasteiger charge is 2.44. The molecule has 2 fully saturated rings. The standard InChI is InChI=1S/C14H24N4/c1-8-11(15)7-6-10(14(8,2)3)13-16-12(17-18-13)9-4-5-9/h8-11H,4-7,15H2,1-3H3,(H,16,17,18). The van der Waals surface area contributed by atoms with Gasteiger partial charge in [0.15, 0.2) is 5.82 Å². The minimum Gasteiger partial charge on any atom is -0.327 e. The molecular formula is C14H24N4. The zero-order valence-electron chi connectivity index (χ0n) is 11.6. The lowest BCUT2D eigenvalue weighted by Gasteiger charge is -2.45. The zero-order chi connectivity index (χ0) is 12.9. The summed E-state index contributed by atoms with van der Waals surface area (Å²) in [5.74, 6) is 3.73. The molecule has 3 atom stereocenters. The fourth-order valence-corrected chi connectivity index (χ4v) is 3.31. The number of aromatic amines is 1. The molecule has 2 aliphatic carbocycles. The number of nitrogens with zero attached hydrogens (tertiary/aromatic N) is 2. The molecule has 1 heterocycles. The van der Waals surface area contributed by atoms with Crippen molar-refractivity contribution >= 4 is 0 Å². The van der Waals surface area contributed by atoms with Crippen LogP contribution in [0, 0.1) is 11.3 Å². The fraction of sp³-hybridized carbons (Fsp3) is 0.857. The van der Waals surface area contributed by atoms with E-state index in [0.29, 0.717) is 23.8 Å². The Balaban J connectivity index is 1.85. The lowest BCUT2D eigenvalue weighted by atomic mass is 9.61. The van der Waals surface area contributed by atoms with Crippen molar-refractivity contribution in [2.24, 2.45) is 17.1 Å². The Bertz CT molecular complexity index is 433. The topological polar surface area (TPSA) is 67.6 Å². The summed E-state index contributed by atoms with van der Waals surface area (Å²) in [6, 6.07) is 0.321. The molecule has 3 unspecified atom stereocenters. The summed E-state index contributed by atoms with van der Waals surface area (Å²) >= 11 is 0. The number of nitrogens with two attached hydrogens (primary N) is 1. The number of hydrogen-bond acceptors (Lipinski definition) is 3. The van der Waals surface area contributed by atoms with Crippen LogP contribution in [-0.4, -0.2) is 21.2 Å². The van der Waals surface area contributed by atoms with Gasteiger partial charge in [-0.25, -0.2) is 4.98 Å². The summed E-state index contributed by atoms with van der Waals surface area (Å²) < 4.78 is 0. The number of hydrogen-bond donors (Lipinski definition) is 2. The van der Waals surface area contributed by atoms with E-state index in [1.165, 1.54) is 12.8 Å². The first kappa shape index (κ1) is 12.2. The first-order valence-corrected chi connectivity index (χ1v) is 7.18. The Hall–Kier alpha value is -0.900. The third-order valence-corrected chi connectivity index (χ3v) is 5.30. The number of rotatable bonds is 2. The Morgan fingerprint density at radius 3 is 2.61 bits per heavy atom. The average molecular weight is 248 g/mol. The van der Waals surface area contributed by atoms with Crippen LogP contribution >= 0.6 is 0 Å². The van der Waals surface area contributed by atoms with Gasteiger partial charge < -0.3 is 5.73 Å². The van der Waals surface area contributed by atoms with Crippen molar-refractivity contribution in [2.75, 3.05) is 0 Å². The van der Waals surface area contributed by atoms with Crippen molar-refractivity contribution in [3.8, 4) is 0 Å². The van der Waals surface area contributed by atoms with Gasteiger partial charge in [-0.15, -0.1) is 0 Å². The van der Waals surface area contributed by atoms with E-state index in [1.54, 1.807) is 0 Å². The molecule has 100 valence electrons. The lowest BCUT2D eigenvalue weighted by Crippen LogP contribution is -2.46. The van der Waals surface area contributed by atoms with Gasteiger partial charge >= 0.3 is 0 Å². The van der Waals surface area contributed by atoms with Crippen LogP contribution in [-0.2, 0) is 0 Å². The first-order chi connectivity index (χ1) is 8.50. The maximum absolute atomic E-state index is 6.21. The Kier molecular flexibility index (Phi) is 2.73. The second-order valence-corrected chi connectivity index (χ2v) is 6.76. The molecule has 18 heavy (non-hydrogen) atoms. The van der Waals surface area contributed by atoms with Crippen molar-refractivity contribution in [1.29, 1.82) is 0 Å². The van der Waals surface area contributed by atoms with Crippen LogP contribution < -0.4 is 5.73 Å². The molecule has 2 aliphatic rings. The largest absolute Gasteiger partial charge is 0.327 e. The normalized spacial score (nSPS) is 35.7. The van der Waals surface area contributed by atoms with Crippen LogP contribution in [0.5, 0.6) is 0 Å². The van der Waals surface area contributed by atoms with Crippen molar-refractivity contribution < 1.29 is 0 Å². The van der Waals surface area contributed by atoms with E-state index in [9.17, 15) is 0 Å². The first-order valence-electron chi connectivity index (χ1n) is 7.18. The minimum absolute atomic E-state index is 0.192. The highest BCUT2D eigenvalue weighted by atomic mass is 15.2. The number of aromatic nitrogens is 3. The molecule has 0 spiro atoms. The predicted molar refractivity (Wildman–Crippen MR) is 71.3 cm³/mol. The average Bonchev–Trinajstić information content (AvgIpc) is 3.06. The van der Waals surface area contributed by atoms with Crippen molar-refractivity contribution in [1.82, 2.24) is 15.2 Å². The quantitative estimate of drug-likeness (QED) is 0.845. The minimum atomic E-state index is 0.192. The van der Waals surface area contributed by atoms with E-state index >= 15 is 0 Å². The second-order valence-electron chi connectivity index (χ2n) is 6.76. The Morgan fingerprint density at radius 1 is 1.22 bits per heavy atom. The van der Waals surface area contributed by atoms with E-state index in [2.05, 4.69) is 31.0 Å². The summed E-state index contributed by atoms with van der Waals surface area (Å²) in [6.45, 7) is 6.91. The molecule has 3 rings (SSSR count). The van der Waals surface area contributed by atoms with E-state index < -0.39 is 0 Å². The molecule has 1 aromatic heterocycles. The van der Waals surface area contributed by atoms with Gasteiger partial charge in [-0.2, -0.15) is 5.10 Å². The van der Waals surface area contributed by atoms with Gasteiger partial charge in [-0.05, 0) is 37.0 Å².